The fourth-order valence-electron chi connectivity index (χ4n) is 3.73. The van der Waals surface area contributed by atoms with Crippen LogP contribution < -0.4 is 4.74 Å². The lowest BCUT2D eigenvalue weighted by molar-refractivity contribution is -0.132. The van der Waals surface area contributed by atoms with Crippen molar-refractivity contribution in [2.45, 2.75) is 39.0 Å². The second-order valence-electron chi connectivity index (χ2n) is 9.03. The first kappa shape index (κ1) is 24.0. The van der Waals surface area contributed by atoms with Crippen LogP contribution in [-0.2, 0) is 25.2 Å². The third kappa shape index (κ3) is 6.41. The van der Waals surface area contributed by atoms with Gasteiger partial charge in [0.15, 0.2) is 0 Å². The van der Waals surface area contributed by atoms with E-state index >= 15 is 0 Å². The number of nitrogens with zero attached hydrogens (tertiary/aromatic N) is 3. The summed E-state index contributed by atoms with van der Waals surface area (Å²) in [6.07, 6.45) is 1.03. The quantitative estimate of drug-likeness (QED) is 0.589. The van der Waals surface area contributed by atoms with Gasteiger partial charge in [0.25, 0.3) is 10.2 Å². The molecule has 0 radical (unpaired) electrons. The first-order valence-corrected chi connectivity index (χ1v) is 12.4. The van der Waals surface area contributed by atoms with Gasteiger partial charge in [-0.2, -0.15) is 17.0 Å². The Balaban J connectivity index is 1.37. The van der Waals surface area contributed by atoms with Crippen LogP contribution in [0.4, 0.5) is 0 Å². The molecule has 0 bridgehead atoms. The first-order chi connectivity index (χ1) is 14.7. The Kier molecular flexibility index (Phi) is 7.96. The standard InChI is InChI=1S/C22H35N3O5S/c1-22(2,3)19-6-8-20(9-7-19)30-16-4-5-21(26)23-10-12-24(13-11-23)31(27,28)25-14-17-29-18-15-25/h6-9H,4-5,10-18H2,1-3H3. The summed E-state index contributed by atoms with van der Waals surface area (Å²) in [6.45, 7) is 10.2. The molecule has 174 valence electrons. The smallest absolute Gasteiger partial charge is 0.282 e. The van der Waals surface area contributed by atoms with Crippen molar-refractivity contribution in [3.63, 3.8) is 0 Å². The summed E-state index contributed by atoms with van der Waals surface area (Å²) in [7, 11) is -3.47. The van der Waals surface area contributed by atoms with Crippen LogP contribution in [0.3, 0.4) is 0 Å². The monoisotopic (exact) mass is 453 g/mol. The Bertz CT molecular complexity index is 822. The zero-order valence-electron chi connectivity index (χ0n) is 18.9. The number of rotatable bonds is 7. The number of morpholine rings is 1. The second-order valence-corrected chi connectivity index (χ2v) is 11.0. The van der Waals surface area contributed by atoms with Crippen LogP contribution in [0.2, 0.25) is 0 Å². The summed E-state index contributed by atoms with van der Waals surface area (Å²) >= 11 is 0. The molecule has 0 N–H and O–H groups in total. The Hall–Kier alpha value is -1.68. The maximum Gasteiger partial charge on any atom is 0.282 e. The summed E-state index contributed by atoms with van der Waals surface area (Å²) in [5.74, 6) is 0.859. The molecule has 31 heavy (non-hydrogen) atoms. The summed E-state index contributed by atoms with van der Waals surface area (Å²) in [5.41, 5.74) is 1.36. The number of carbonyl (C=O) groups is 1. The van der Waals surface area contributed by atoms with Crippen LogP contribution in [0.5, 0.6) is 5.75 Å². The lowest BCUT2D eigenvalue weighted by atomic mass is 9.87. The molecular formula is C22H35N3O5S. The van der Waals surface area contributed by atoms with Gasteiger partial charge in [-0.05, 0) is 29.5 Å². The summed E-state index contributed by atoms with van der Waals surface area (Å²) in [6, 6.07) is 8.09. The van der Waals surface area contributed by atoms with E-state index in [1.165, 1.54) is 14.2 Å². The molecule has 9 heteroatoms. The highest BCUT2D eigenvalue weighted by molar-refractivity contribution is 7.86. The van der Waals surface area contributed by atoms with E-state index in [9.17, 15) is 13.2 Å². The maximum atomic E-state index is 12.7. The molecule has 0 atom stereocenters. The summed E-state index contributed by atoms with van der Waals surface area (Å²) in [4.78, 5) is 14.3. The van der Waals surface area contributed by atoms with E-state index in [4.69, 9.17) is 9.47 Å². The van der Waals surface area contributed by atoms with Gasteiger partial charge >= 0.3 is 0 Å². The second kappa shape index (κ2) is 10.3. The van der Waals surface area contributed by atoms with E-state index in [1.807, 2.05) is 12.1 Å². The Morgan fingerprint density at radius 2 is 1.55 bits per heavy atom. The highest BCUT2D eigenvalue weighted by atomic mass is 32.2. The minimum Gasteiger partial charge on any atom is -0.494 e. The van der Waals surface area contributed by atoms with Crippen LogP contribution in [0.15, 0.2) is 24.3 Å². The number of hydrogen-bond acceptors (Lipinski definition) is 5. The normalized spacial score (nSPS) is 19.4. The van der Waals surface area contributed by atoms with Gasteiger partial charge in [-0.1, -0.05) is 32.9 Å². The highest BCUT2D eigenvalue weighted by Crippen LogP contribution is 2.24. The molecule has 2 fully saturated rings. The Labute approximate surface area is 186 Å². The van der Waals surface area contributed by atoms with Crippen molar-refractivity contribution in [2.75, 3.05) is 59.1 Å². The van der Waals surface area contributed by atoms with E-state index in [1.54, 1.807) is 4.90 Å². The minimum absolute atomic E-state index is 0.0510. The molecule has 0 unspecified atom stereocenters. The topological polar surface area (TPSA) is 79.4 Å². The maximum absolute atomic E-state index is 12.7. The molecule has 2 aliphatic heterocycles. The zero-order valence-corrected chi connectivity index (χ0v) is 19.7. The number of amides is 1. The zero-order chi connectivity index (χ0) is 22.5. The molecule has 2 heterocycles. The molecule has 0 aliphatic carbocycles. The van der Waals surface area contributed by atoms with Gasteiger partial charge in [0, 0.05) is 45.7 Å². The van der Waals surface area contributed by atoms with Crippen molar-refractivity contribution in [1.29, 1.82) is 0 Å². The lowest BCUT2D eigenvalue weighted by Crippen LogP contribution is -2.55. The van der Waals surface area contributed by atoms with Crippen molar-refractivity contribution in [3.05, 3.63) is 29.8 Å². The number of ether oxygens (including phenoxy) is 2. The molecule has 0 spiro atoms. The van der Waals surface area contributed by atoms with Crippen LogP contribution in [0.25, 0.3) is 0 Å². The molecular weight excluding hydrogens is 418 g/mol. The summed E-state index contributed by atoms with van der Waals surface area (Å²) in [5, 5.41) is 0. The molecule has 1 aromatic rings. The van der Waals surface area contributed by atoms with Crippen molar-refractivity contribution in [1.82, 2.24) is 13.5 Å². The van der Waals surface area contributed by atoms with Crippen molar-refractivity contribution in [2.24, 2.45) is 0 Å². The molecule has 1 amide bonds. The number of benzene rings is 1. The molecule has 0 aromatic heterocycles. The van der Waals surface area contributed by atoms with Crippen molar-refractivity contribution >= 4 is 16.1 Å². The van der Waals surface area contributed by atoms with Crippen molar-refractivity contribution < 1.29 is 22.7 Å². The van der Waals surface area contributed by atoms with E-state index in [0.29, 0.717) is 71.9 Å². The van der Waals surface area contributed by atoms with Crippen molar-refractivity contribution in [3.8, 4) is 5.75 Å². The molecule has 3 rings (SSSR count). The predicted molar refractivity (Wildman–Crippen MR) is 119 cm³/mol. The fraction of sp³-hybridized carbons (Fsp3) is 0.682. The van der Waals surface area contributed by atoms with Gasteiger partial charge in [-0.15, -0.1) is 0 Å². The fourth-order valence-corrected chi connectivity index (χ4v) is 5.29. The molecule has 0 saturated carbocycles. The predicted octanol–water partition coefficient (Wildman–Crippen LogP) is 1.86. The van der Waals surface area contributed by atoms with E-state index in [-0.39, 0.29) is 11.3 Å². The first-order valence-electron chi connectivity index (χ1n) is 11.0. The third-order valence-corrected chi connectivity index (χ3v) is 7.77. The summed E-state index contributed by atoms with van der Waals surface area (Å²) < 4.78 is 39.4. The van der Waals surface area contributed by atoms with Gasteiger partial charge in [0.1, 0.15) is 5.75 Å². The van der Waals surface area contributed by atoms with Crippen LogP contribution in [-0.4, -0.2) is 86.9 Å². The third-order valence-electron chi connectivity index (χ3n) is 5.74. The van der Waals surface area contributed by atoms with Crippen LogP contribution >= 0.6 is 0 Å². The van der Waals surface area contributed by atoms with Crippen LogP contribution in [0.1, 0.15) is 39.2 Å². The van der Waals surface area contributed by atoms with Gasteiger partial charge in [-0.25, -0.2) is 0 Å². The van der Waals surface area contributed by atoms with Crippen LogP contribution in [0, 0.1) is 0 Å². The molecule has 2 saturated heterocycles. The lowest BCUT2D eigenvalue weighted by Gasteiger charge is -2.37. The van der Waals surface area contributed by atoms with Gasteiger partial charge < -0.3 is 14.4 Å². The SMILES string of the molecule is CC(C)(C)c1ccc(OCCCC(=O)N2CCN(S(=O)(=O)N3CCOCC3)CC2)cc1. The average molecular weight is 454 g/mol. The highest BCUT2D eigenvalue weighted by Gasteiger charge is 2.34. The average Bonchev–Trinajstić information content (AvgIpc) is 2.77. The minimum atomic E-state index is -3.47. The number of carbonyl (C=O) groups excluding carboxylic acids is 1. The van der Waals surface area contributed by atoms with E-state index in [2.05, 4.69) is 32.9 Å². The van der Waals surface area contributed by atoms with Gasteiger partial charge in [-0.3, -0.25) is 4.79 Å². The molecule has 8 nitrogen and oxygen atoms in total. The van der Waals surface area contributed by atoms with Gasteiger partial charge in [0.05, 0.1) is 19.8 Å². The Morgan fingerprint density at radius 3 is 2.13 bits per heavy atom. The molecule has 1 aromatic carbocycles. The van der Waals surface area contributed by atoms with E-state index in [0.717, 1.165) is 5.75 Å². The molecule has 2 aliphatic rings. The van der Waals surface area contributed by atoms with Gasteiger partial charge in [0.2, 0.25) is 5.91 Å². The number of hydrogen-bond donors (Lipinski definition) is 0. The van der Waals surface area contributed by atoms with E-state index < -0.39 is 10.2 Å². The largest absolute Gasteiger partial charge is 0.494 e. The number of piperazine rings is 1. The Morgan fingerprint density at radius 1 is 0.968 bits per heavy atom.